The second kappa shape index (κ2) is 4.51. The Labute approximate surface area is 96.6 Å². The highest BCUT2D eigenvalue weighted by Gasteiger charge is 2.26. The second-order valence-electron chi connectivity index (χ2n) is 4.72. The molecule has 0 aromatic carbocycles. The van der Waals surface area contributed by atoms with Crippen LogP contribution in [0.1, 0.15) is 32.5 Å². The lowest BCUT2D eigenvalue weighted by molar-refractivity contribution is 0.162. The summed E-state index contributed by atoms with van der Waals surface area (Å²) >= 11 is 0. The minimum absolute atomic E-state index is 0.0534. The standard InChI is InChI=1S/C11H21N5/c1-3-11(12,4-2)8-15-5-6-16-9-13-14-10(16)7-15/h9H,3-8,12H2,1-2H3. The van der Waals surface area contributed by atoms with E-state index < -0.39 is 0 Å². The van der Waals surface area contributed by atoms with Crippen molar-refractivity contribution in [1.29, 1.82) is 0 Å². The highest BCUT2D eigenvalue weighted by Crippen LogP contribution is 2.17. The molecule has 0 saturated carbocycles. The Bertz CT molecular complexity index is 342. The highest BCUT2D eigenvalue weighted by molar-refractivity contribution is 4.93. The van der Waals surface area contributed by atoms with Crippen LogP contribution in [0.4, 0.5) is 0 Å². The molecule has 0 atom stereocenters. The highest BCUT2D eigenvalue weighted by atomic mass is 15.3. The first-order valence-corrected chi connectivity index (χ1v) is 6.05. The van der Waals surface area contributed by atoms with Crippen molar-refractivity contribution in [3.63, 3.8) is 0 Å². The van der Waals surface area contributed by atoms with Crippen molar-refractivity contribution in [2.24, 2.45) is 5.73 Å². The molecule has 1 aliphatic heterocycles. The average Bonchev–Trinajstić information content (AvgIpc) is 2.76. The quantitative estimate of drug-likeness (QED) is 0.812. The van der Waals surface area contributed by atoms with E-state index in [4.69, 9.17) is 5.73 Å². The van der Waals surface area contributed by atoms with Crippen molar-refractivity contribution in [3.8, 4) is 0 Å². The Morgan fingerprint density at radius 2 is 2.12 bits per heavy atom. The topological polar surface area (TPSA) is 60.0 Å². The van der Waals surface area contributed by atoms with E-state index in [1.807, 2.05) is 6.33 Å². The molecule has 90 valence electrons. The van der Waals surface area contributed by atoms with Crippen LogP contribution in [0.25, 0.3) is 0 Å². The van der Waals surface area contributed by atoms with Gasteiger partial charge in [-0.15, -0.1) is 10.2 Å². The molecule has 5 nitrogen and oxygen atoms in total. The summed E-state index contributed by atoms with van der Waals surface area (Å²) in [6.07, 6.45) is 3.85. The molecule has 2 N–H and O–H groups in total. The van der Waals surface area contributed by atoms with Crippen LogP contribution in [0.15, 0.2) is 6.33 Å². The molecule has 0 aliphatic carbocycles. The van der Waals surface area contributed by atoms with E-state index in [0.29, 0.717) is 0 Å². The minimum Gasteiger partial charge on any atom is -0.324 e. The average molecular weight is 223 g/mol. The molecule has 0 unspecified atom stereocenters. The number of hydrogen-bond acceptors (Lipinski definition) is 4. The molecule has 1 aliphatic rings. The first kappa shape index (κ1) is 11.5. The zero-order valence-corrected chi connectivity index (χ0v) is 10.2. The van der Waals surface area contributed by atoms with Gasteiger partial charge in [0.25, 0.3) is 0 Å². The maximum Gasteiger partial charge on any atom is 0.147 e. The molecule has 2 heterocycles. The van der Waals surface area contributed by atoms with Gasteiger partial charge in [0, 0.05) is 25.2 Å². The van der Waals surface area contributed by atoms with Crippen molar-refractivity contribution < 1.29 is 0 Å². The molecular formula is C11H21N5. The summed E-state index contributed by atoms with van der Waals surface area (Å²) in [5.41, 5.74) is 6.28. The zero-order valence-electron chi connectivity index (χ0n) is 10.2. The Morgan fingerprint density at radius 1 is 1.38 bits per heavy atom. The van der Waals surface area contributed by atoms with Gasteiger partial charge in [-0.3, -0.25) is 4.90 Å². The third-order valence-electron chi connectivity index (χ3n) is 3.66. The van der Waals surface area contributed by atoms with Crippen LogP contribution in [0.5, 0.6) is 0 Å². The van der Waals surface area contributed by atoms with Crippen LogP contribution in [0.3, 0.4) is 0 Å². The lowest BCUT2D eigenvalue weighted by atomic mass is 9.93. The van der Waals surface area contributed by atoms with Gasteiger partial charge in [-0.25, -0.2) is 0 Å². The summed E-state index contributed by atoms with van der Waals surface area (Å²) in [6, 6.07) is 0. The summed E-state index contributed by atoms with van der Waals surface area (Å²) in [5, 5.41) is 8.05. The van der Waals surface area contributed by atoms with Crippen LogP contribution < -0.4 is 5.73 Å². The molecule has 0 fully saturated rings. The van der Waals surface area contributed by atoms with Crippen LogP contribution in [-0.2, 0) is 13.1 Å². The second-order valence-corrected chi connectivity index (χ2v) is 4.72. The predicted octanol–water partition coefficient (Wildman–Crippen LogP) is 0.611. The molecule has 0 amide bonds. The van der Waals surface area contributed by atoms with Gasteiger partial charge < -0.3 is 10.3 Å². The van der Waals surface area contributed by atoms with Gasteiger partial charge in [0.05, 0.1) is 6.54 Å². The molecular weight excluding hydrogens is 202 g/mol. The van der Waals surface area contributed by atoms with Crippen molar-refractivity contribution in [2.45, 2.75) is 45.3 Å². The SMILES string of the molecule is CCC(N)(CC)CN1CCn2cnnc2C1. The van der Waals surface area contributed by atoms with Crippen LogP contribution in [0, 0.1) is 0 Å². The van der Waals surface area contributed by atoms with Crippen molar-refractivity contribution >= 4 is 0 Å². The lowest BCUT2D eigenvalue weighted by Gasteiger charge is -2.35. The molecule has 0 saturated heterocycles. The maximum atomic E-state index is 6.34. The van der Waals surface area contributed by atoms with Gasteiger partial charge in [-0.2, -0.15) is 0 Å². The van der Waals surface area contributed by atoms with E-state index in [9.17, 15) is 0 Å². The van der Waals surface area contributed by atoms with Crippen LogP contribution in [0.2, 0.25) is 0 Å². The molecule has 5 heteroatoms. The summed E-state index contributed by atoms with van der Waals surface area (Å²) in [5.74, 6) is 1.06. The minimum atomic E-state index is -0.0534. The number of nitrogens with two attached hydrogens (primary N) is 1. The first-order chi connectivity index (χ1) is 7.67. The Morgan fingerprint density at radius 3 is 2.81 bits per heavy atom. The van der Waals surface area contributed by atoms with E-state index in [1.165, 1.54) is 0 Å². The number of fused-ring (bicyclic) bond motifs is 1. The van der Waals surface area contributed by atoms with Crippen molar-refractivity contribution in [2.75, 3.05) is 13.1 Å². The molecule has 1 aromatic rings. The number of rotatable bonds is 4. The van der Waals surface area contributed by atoms with E-state index in [-0.39, 0.29) is 5.54 Å². The lowest BCUT2D eigenvalue weighted by Crippen LogP contribution is -2.51. The van der Waals surface area contributed by atoms with E-state index >= 15 is 0 Å². The third-order valence-corrected chi connectivity index (χ3v) is 3.66. The Hall–Kier alpha value is -0.940. The fraction of sp³-hybridized carbons (Fsp3) is 0.818. The molecule has 0 bridgehead atoms. The van der Waals surface area contributed by atoms with Crippen LogP contribution >= 0.6 is 0 Å². The van der Waals surface area contributed by atoms with E-state index in [1.54, 1.807) is 0 Å². The largest absolute Gasteiger partial charge is 0.324 e. The van der Waals surface area contributed by atoms with E-state index in [2.05, 4.69) is 33.5 Å². The van der Waals surface area contributed by atoms with Crippen LogP contribution in [-0.4, -0.2) is 38.3 Å². The van der Waals surface area contributed by atoms with Gasteiger partial charge in [0.15, 0.2) is 0 Å². The number of aromatic nitrogens is 3. The van der Waals surface area contributed by atoms with E-state index in [0.717, 1.165) is 44.8 Å². The van der Waals surface area contributed by atoms with Crippen molar-refractivity contribution in [1.82, 2.24) is 19.7 Å². The van der Waals surface area contributed by atoms with Crippen molar-refractivity contribution in [3.05, 3.63) is 12.2 Å². The summed E-state index contributed by atoms with van der Waals surface area (Å²) in [4.78, 5) is 2.39. The fourth-order valence-electron chi connectivity index (χ4n) is 2.17. The van der Waals surface area contributed by atoms with Gasteiger partial charge >= 0.3 is 0 Å². The summed E-state index contributed by atoms with van der Waals surface area (Å²) in [6.45, 7) is 8.17. The monoisotopic (exact) mass is 223 g/mol. The first-order valence-electron chi connectivity index (χ1n) is 6.05. The molecule has 16 heavy (non-hydrogen) atoms. The van der Waals surface area contributed by atoms with Gasteiger partial charge in [0.1, 0.15) is 12.2 Å². The maximum absolute atomic E-state index is 6.34. The number of hydrogen-bond donors (Lipinski definition) is 1. The summed E-state index contributed by atoms with van der Waals surface area (Å²) < 4.78 is 2.12. The molecule has 1 aromatic heterocycles. The van der Waals surface area contributed by atoms with Gasteiger partial charge in [0.2, 0.25) is 0 Å². The molecule has 0 spiro atoms. The van der Waals surface area contributed by atoms with Gasteiger partial charge in [-0.1, -0.05) is 13.8 Å². The zero-order chi connectivity index (χ0) is 11.6. The molecule has 0 radical (unpaired) electrons. The third kappa shape index (κ3) is 2.25. The normalized spacial score (nSPS) is 17.4. The smallest absolute Gasteiger partial charge is 0.147 e. The molecule has 2 rings (SSSR count). The predicted molar refractivity (Wildman–Crippen MR) is 62.8 cm³/mol. The van der Waals surface area contributed by atoms with Gasteiger partial charge in [-0.05, 0) is 12.8 Å². The summed E-state index contributed by atoms with van der Waals surface area (Å²) in [7, 11) is 0. The fourth-order valence-corrected chi connectivity index (χ4v) is 2.17. The Balaban J connectivity index is 1.99. The Kier molecular flexibility index (Phi) is 3.25. The number of nitrogens with zero attached hydrogens (tertiary/aromatic N) is 4.